The van der Waals surface area contributed by atoms with Crippen LogP contribution in [0.2, 0.25) is 0 Å². The molecule has 1 aliphatic carbocycles. The highest BCUT2D eigenvalue weighted by Crippen LogP contribution is 2.41. The second kappa shape index (κ2) is 5.95. The van der Waals surface area contributed by atoms with E-state index in [2.05, 4.69) is 12.2 Å². The van der Waals surface area contributed by atoms with Gasteiger partial charge in [-0.1, -0.05) is 19.9 Å². The first kappa shape index (κ1) is 14.4. The maximum absolute atomic E-state index is 13.8. The lowest BCUT2D eigenvalue weighted by Crippen LogP contribution is -2.33. The Labute approximate surface area is 112 Å². The maximum Gasteiger partial charge on any atom is 0.194 e. The first-order valence-corrected chi connectivity index (χ1v) is 6.93. The van der Waals surface area contributed by atoms with Crippen LogP contribution in [-0.4, -0.2) is 12.6 Å². The molecule has 1 aromatic rings. The fourth-order valence-electron chi connectivity index (χ4n) is 3.05. The van der Waals surface area contributed by atoms with E-state index >= 15 is 0 Å². The fourth-order valence-corrected chi connectivity index (χ4v) is 3.05. The van der Waals surface area contributed by atoms with Gasteiger partial charge in [0, 0.05) is 6.04 Å². The summed E-state index contributed by atoms with van der Waals surface area (Å²) in [6.45, 7) is 5.08. The summed E-state index contributed by atoms with van der Waals surface area (Å²) in [5, 5.41) is 3.44. The first-order chi connectivity index (χ1) is 9.06. The molecule has 3 atom stereocenters. The molecule has 0 amide bonds. The van der Waals surface area contributed by atoms with Crippen molar-refractivity contribution < 1.29 is 13.2 Å². The van der Waals surface area contributed by atoms with Gasteiger partial charge in [-0.3, -0.25) is 0 Å². The maximum atomic E-state index is 13.8. The van der Waals surface area contributed by atoms with E-state index in [1.165, 1.54) is 6.07 Å². The number of hydrogen-bond donors (Lipinski definition) is 1. The minimum absolute atomic E-state index is 0.0375. The van der Waals surface area contributed by atoms with Crippen LogP contribution >= 0.6 is 0 Å². The van der Waals surface area contributed by atoms with Crippen LogP contribution in [-0.2, 0) is 0 Å². The lowest BCUT2D eigenvalue weighted by Gasteiger charge is -2.22. The van der Waals surface area contributed by atoms with Crippen molar-refractivity contribution in [1.29, 1.82) is 0 Å². The number of halogens is 3. The van der Waals surface area contributed by atoms with Crippen molar-refractivity contribution in [3.05, 3.63) is 35.1 Å². The van der Waals surface area contributed by atoms with E-state index in [9.17, 15) is 13.2 Å². The van der Waals surface area contributed by atoms with E-state index in [0.29, 0.717) is 11.6 Å². The Bertz CT molecular complexity index is 447. The summed E-state index contributed by atoms with van der Waals surface area (Å²) in [6.07, 6.45) is 2.81. The molecule has 1 fully saturated rings. The molecule has 0 heterocycles. The van der Waals surface area contributed by atoms with E-state index in [-0.39, 0.29) is 11.8 Å². The molecule has 1 aromatic carbocycles. The van der Waals surface area contributed by atoms with Gasteiger partial charge >= 0.3 is 0 Å². The highest BCUT2D eigenvalue weighted by molar-refractivity contribution is 5.26. The number of nitrogens with one attached hydrogen (secondary N) is 1. The molecular weight excluding hydrogens is 251 g/mol. The molecule has 106 valence electrons. The van der Waals surface area contributed by atoms with Gasteiger partial charge in [-0.05, 0) is 49.3 Å². The van der Waals surface area contributed by atoms with Gasteiger partial charge in [0.1, 0.15) is 0 Å². The summed E-state index contributed by atoms with van der Waals surface area (Å²) >= 11 is 0. The summed E-state index contributed by atoms with van der Waals surface area (Å²) < 4.78 is 40.1. The molecule has 1 nitrogen and oxygen atoms in total. The molecule has 1 saturated carbocycles. The fraction of sp³-hybridized carbons (Fsp3) is 0.600. The zero-order chi connectivity index (χ0) is 14.0. The van der Waals surface area contributed by atoms with Gasteiger partial charge in [-0.15, -0.1) is 0 Å². The van der Waals surface area contributed by atoms with Crippen molar-refractivity contribution in [1.82, 2.24) is 5.32 Å². The molecule has 0 spiro atoms. The topological polar surface area (TPSA) is 12.0 Å². The second-order valence-electron chi connectivity index (χ2n) is 5.37. The largest absolute Gasteiger partial charge is 0.314 e. The van der Waals surface area contributed by atoms with E-state index in [4.69, 9.17) is 0 Å². The zero-order valence-corrected chi connectivity index (χ0v) is 11.3. The van der Waals surface area contributed by atoms with Crippen molar-refractivity contribution in [2.24, 2.45) is 5.92 Å². The molecule has 0 bridgehead atoms. The normalized spacial score (nSPS) is 26.9. The summed E-state index contributed by atoms with van der Waals surface area (Å²) in [5.74, 6) is -3.30. The summed E-state index contributed by atoms with van der Waals surface area (Å²) in [7, 11) is 0. The number of hydrogen-bond acceptors (Lipinski definition) is 1. The van der Waals surface area contributed by atoms with Gasteiger partial charge < -0.3 is 5.32 Å². The molecule has 0 aromatic heterocycles. The van der Waals surface area contributed by atoms with Gasteiger partial charge in [-0.25, -0.2) is 13.2 Å². The van der Waals surface area contributed by atoms with Crippen molar-refractivity contribution in [3.8, 4) is 0 Å². The Hall–Kier alpha value is -1.03. The predicted molar refractivity (Wildman–Crippen MR) is 69.5 cm³/mol. The van der Waals surface area contributed by atoms with Gasteiger partial charge in [0.25, 0.3) is 0 Å². The van der Waals surface area contributed by atoms with Crippen LogP contribution in [0.15, 0.2) is 12.1 Å². The molecule has 4 heteroatoms. The van der Waals surface area contributed by atoms with Crippen LogP contribution in [0.1, 0.15) is 44.6 Å². The average Bonchev–Trinajstić information content (AvgIpc) is 2.75. The van der Waals surface area contributed by atoms with Crippen LogP contribution < -0.4 is 5.32 Å². The Kier molecular flexibility index (Phi) is 4.50. The third-order valence-electron chi connectivity index (χ3n) is 4.18. The number of benzene rings is 1. The smallest absolute Gasteiger partial charge is 0.194 e. The molecule has 0 aliphatic heterocycles. The standard InChI is InChI=1S/C15H20F3N/c1-3-8-19-13-7-5-10(9(13)2)11-4-6-12(16)15(18)14(11)17/h4,6,9-10,13,19H,3,5,7-8H2,1-2H3. The van der Waals surface area contributed by atoms with E-state index in [1.807, 2.05) is 6.92 Å². The molecule has 1 aliphatic rings. The second-order valence-corrected chi connectivity index (χ2v) is 5.37. The Morgan fingerprint density at radius 1 is 1.16 bits per heavy atom. The summed E-state index contributed by atoms with van der Waals surface area (Å²) in [6, 6.07) is 2.74. The Morgan fingerprint density at radius 3 is 2.58 bits per heavy atom. The van der Waals surface area contributed by atoms with Crippen LogP contribution in [0.4, 0.5) is 13.2 Å². The average molecular weight is 271 g/mol. The van der Waals surface area contributed by atoms with E-state index in [0.717, 1.165) is 31.9 Å². The van der Waals surface area contributed by atoms with Gasteiger partial charge in [0.2, 0.25) is 0 Å². The van der Waals surface area contributed by atoms with Crippen molar-refractivity contribution >= 4 is 0 Å². The van der Waals surface area contributed by atoms with Crippen molar-refractivity contribution in [3.63, 3.8) is 0 Å². The molecular formula is C15H20F3N. The first-order valence-electron chi connectivity index (χ1n) is 6.93. The third kappa shape index (κ3) is 2.78. The van der Waals surface area contributed by atoms with E-state index in [1.54, 1.807) is 0 Å². The predicted octanol–water partition coefficient (Wildman–Crippen LogP) is 3.99. The Morgan fingerprint density at radius 2 is 1.89 bits per heavy atom. The van der Waals surface area contributed by atoms with Crippen LogP contribution in [0, 0.1) is 23.4 Å². The quantitative estimate of drug-likeness (QED) is 0.817. The summed E-state index contributed by atoms with van der Waals surface area (Å²) in [5.41, 5.74) is 0.312. The summed E-state index contributed by atoms with van der Waals surface area (Å²) in [4.78, 5) is 0. The van der Waals surface area contributed by atoms with Crippen LogP contribution in [0.3, 0.4) is 0 Å². The van der Waals surface area contributed by atoms with Crippen LogP contribution in [0.5, 0.6) is 0 Å². The van der Waals surface area contributed by atoms with Crippen LogP contribution in [0.25, 0.3) is 0 Å². The molecule has 0 radical (unpaired) electrons. The third-order valence-corrected chi connectivity index (χ3v) is 4.18. The molecule has 3 unspecified atom stereocenters. The minimum atomic E-state index is -1.35. The molecule has 19 heavy (non-hydrogen) atoms. The lowest BCUT2D eigenvalue weighted by molar-refractivity contribution is 0.388. The van der Waals surface area contributed by atoms with Crippen molar-refractivity contribution in [2.45, 2.75) is 45.1 Å². The highest BCUT2D eigenvalue weighted by atomic mass is 19.2. The zero-order valence-electron chi connectivity index (χ0n) is 11.3. The van der Waals surface area contributed by atoms with Crippen molar-refractivity contribution in [2.75, 3.05) is 6.54 Å². The molecule has 0 saturated heterocycles. The van der Waals surface area contributed by atoms with Gasteiger partial charge in [-0.2, -0.15) is 0 Å². The monoisotopic (exact) mass is 271 g/mol. The molecule has 2 rings (SSSR count). The van der Waals surface area contributed by atoms with Gasteiger partial charge in [0.05, 0.1) is 0 Å². The minimum Gasteiger partial charge on any atom is -0.314 e. The van der Waals surface area contributed by atoms with E-state index < -0.39 is 17.5 Å². The molecule has 1 N–H and O–H groups in total. The van der Waals surface area contributed by atoms with Gasteiger partial charge in [0.15, 0.2) is 17.5 Å². The highest BCUT2D eigenvalue weighted by Gasteiger charge is 2.35. The number of rotatable bonds is 4. The Balaban J connectivity index is 2.17. The lowest BCUT2D eigenvalue weighted by atomic mass is 9.88. The SMILES string of the molecule is CCCNC1CCC(c2ccc(F)c(F)c2F)C1C.